The van der Waals surface area contributed by atoms with Crippen molar-refractivity contribution < 1.29 is 4.79 Å². The van der Waals surface area contributed by atoms with E-state index in [1.54, 1.807) is 24.7 Å². The molecular weight excluding hydrogens is 306 g/mol. The maximum absolute atomic E-state index is 11.2. The Balaban J connectivity index is 1.68. The third-order valence-corrected chi connectivity index (χ3v) is 4.14. The summed E-state index contributed by atoms with van der Waals surface area (Å²) in [6.07, 6.45) is 5.34. The normalized spacial score (nSPS) is 16.9. The number of anilines is 3. The van der Waals surface area contributed by atoms with Crippen LogP contribution >= 0.6 is 0 Å². The van der Waals surface area contributed by atoms with Crippen LogP contribution in [0.1, 0.15) is 23.2 Å². The van der Waals surface area contributed by atoms with Gasteiger partial charge in [0, 0.05) is 44.0 Å². The van der Waals surface area contributed by atoms with Gasteiger partial charge in [-0.3, -0.25) is 4.79 Å². The number of carbonyl (C=O) groups is 1. The number of nitrogens with one attached hydrogen (secondary N) is 2. The lowest BCUT2D eigenvalue weighted by atomic mass is 10.2. The van der Waals surface area contributed by atoms with Crippen LogP contribution in [0.5, 0.6) is 0 Å². The van der Waals surface area contributed by atoms with Crippen molar-refractivity contribution in [3.63, 3.8) is 0 Å². The number of aromatic nitrogens is 3. The van der Waals surface area contributed by atoms with E-state index in [1.165, 1.54) is 0 Å². The number of nitrogens with two attached hydrogens (primary N) is 1. The smallest absolute Gasteiger partial charge is 0.248 e. The van der Waals surface area contributed by atoms with Crippen LogP contribution in [0.25, 0.3) is 0 Å². The highest BCUT2D eigenvalue weighted by molar-refractivity contribution is 5.93. The Kier molecular flexibility index (Phi) is 4.74. The molecule has 0 saturated carbocycles. The summed E-state index contributed by atoms with van der Waals surface area (Å²) in [6.45, 7) is 1.68. The van der Waals surface area contributed by atoms with E-state index in [9.17, 15) is 4.79 Å². The molecule has 0 aromatic carbocycles. The summed E-state index contributed by atoms with van der Waals surface area (Å²) >= 11 is 0. The Morgan fingerprint density at radius 3 is 3.00 bits per heavy atom. The van der Waals surface area contributed by atoms with Gasteiger partial charge in [-0.2, -0.15) is 0 Å². The van der Waals surface area contributed by atoms with Gasteiger partial charge in [-0.15, -0.1) is 0 Å². The Labute approximate surface area is 140 Å². The summed E-state index contributed by atoms with van der Waals surface area (Å²) in [4.78, 5) is 26.3. The van der Waals surface area contributed by atoms with Gasteiger partial charge in [-0.25, -0.2) is 15.0 Å². The molecular formula is C16H21N7O. The first-order chi connectivity index (χ1) is 11.7. The second kappa shape index (κ2) is 7.12. The second-order valence-corrected chi connectivity index (χ2v) is 5.68. The minimum Gasteiger partial charge on any atom is -0.373 e. The van der Waals surface area contributed by atoms with Crippen molar-refractivity contribution in [2.24, 2.45) is 5.73 Å². The van der Waals surface area contributed by atoms with Crippen molar-refractivity contribution in [2.75, 3.05) is 35.7 Å². The number of rotatable bonds is 6. The van der Waals surface area contributed by atoms with Crippen LogP contribution in [0.4, 0.5) is 17.5 Å². The summed E-state index contributed by atoms with van der Waals surface area (Å²) in [5, 5.41) is 6.32. The van der Waals surface area contributed by atoms with Crippen LogP contribution in [0.2, 0.25) is 0 Å². The number of hydrogen-bond donors (Lipinski definition) is 3. The van der Waals surface area contributed by atoms with Crippen molar-refractivity contribution in [3.8, 4) is 0 Å². The topological polar surface area (TPSA) is 109 Å². The highest BCUT2D eigenvalue weighted by atomic mass is 16.1. The average Bonchev–Trinajstić information content (AvgIpc) is 3.09. The van der Waals surface area contributed by atoms with Crippen LogP contribution in [0.15, 0.2) is 30.7 Å². The van der Waals surface area contributed by atoms with E-state index in [2.05, 4.69) is 30.5 Å². The Hall–Kier alpha value is -2.90. The van der Waals surface area contributed by atoms with Gasteiger partial charge in [0.15, 0.2) is 0 Å². The van der Waals surface area contributed by atoms with Crippen molar-refractivity contribution in [3.05, 3.63) is 36.3 Å². The SMILES string of the molecule is CNc1cc(N2CCCC2CNc2cc(C(N)=O)ccn2)ncn1. The molecule has 2 aromatic rings. The average molecular weight is 327 g/mol. The standard InChI is InChI=1S/C16H21N7O/c1-18-13-8-15(22-10-21-13)23-6-2-3-12(23)9-20-14-7-11(16(17)24)4-5-19-14/h4-5,7-8,10,12H,2-3,6,9H2,1H3,(H2,17,24)(H,19,20)(H,18,21,22). The molecule has 1 aliphatic rings. The molecule has 3 rings (SSSR count). The molecule has 0 aliphatic carbocycles. The second-order valence-electron chi connectivity index (χ2n) is 5.68. The zero-order valence-electron chi connectivity index (χ0n) is 13.6. The van der Waals surface area contributed by atoms with E-state index >= 15 is 0 Å². The van der Waals surface area contributed by atoms with Gasteiger partial charge in [-0.1, -0.05) is 0 Å². The summed E-state index contributed by atoms with van der Waals surface area (Å²) in [5.41, 5.74) is 5.75. The van der Waals surface area contributed by atoms with E-state index in [4.69, 9.17) is 5.73 Å². The predicted molar refractivity (Wildman–Crippen MR) is 93.2 cm³/mol. The summed E-state index contributed by atoms with van der Waals surface area (Å²) in [5.74, 6) is 1.91. The first-order valence-corrected chi connectivity index (χ1v) is 7.93. The summed E-state index contributed by atoms with van der Waals surface area (Å²) in [6, 6.07) is 5.54. The van der Waals surface area contributed by atoms with Crippen LogP contribution in [0, 0.1) is 0 Å². The zero-order valence-corrected chi connectivity index (χ0v) is 13.6. The third kappa shape index (κ3) is 3.53. The fraction of sp³-hybridized carbons (Fsp3) is 0.375. The highest BCUT2D eigenvalue weighted by Crippen LogP contribution is 2.25. The Morgan fingerprint density at radius 2 is 2.21 bits per heavy atom. The largest absolute Gasteiger partial charge is 0.373 e. The van der Waals surface area contributed by atoms with Crippen LogP contribution in [-0.4, -0.2) is 47.0 Å². The van der Waals surface area contributed by atoms with Crippen molar-refractivity contribution in [1.29, 1.82) is 0 Å². The van der Waals surface area contributed by atoms with Crippen molar-refractivity contribution >= 4 is 23.4 Å². The van der Waals surface area contributed by atoms with E-state index in [0.717, 1.165) is 31.0 Å². The number of amides is 1. The lowest BCUT2D eigenvalue weighted by Crippen LogP contribution is -2.35. The fourth-order valence-electron chi connectivity index (χ4n) is 2.89. The number of nitrogens with zero attached hydrogens (tertiary/aromatic N) is 4. The fourth-order valence-corrected chi connectivity index (χ4v) is 2.89. The molecule has 1 aliphatic heterocycles. The predicted octanol–water partition coefficient (Wildman–Crippen LogP) is 1.09. The van der Waals surface area contributed by atoms with Gasteiger partial charge in [0.05, 0.1) is 0 Å². The van der Waals surface area contributed by atoms with Gasteiger partial charge < -0.3 is 21.3 Å². The molecule has 8 nitrogen and oxygen atoms in total. The first-order valence-electron chi connectivity index (χ1n) is 7.93. The molecule has 1 atom stereocenters. The van der Waals surface area contributed by atoms with E-state index in [0.29, 0.717) is 24.0 Å². The van der Waals surface area contributed by atoms with Gasteiger partial charge in [0.1, 0.15) is 23.8 Å². The lowest BCUT2D eigenvalue weighted by molar-refractivity contribution is 0.1000. The Morgan fingerprint density at radius 1 is 1.33 bits per heavy atom. The molecule has 2 aromatic heterocycles. The maximum atomic E-state index is 11.2. The molecule has 24 heavy (non-hydrogen) atoms. The molecule has 4 N–H and O–H groups in total. The molecule has 0 radical (unpaired) electrons. The minimum absolute atomic E-state index is 0.309. The van der Waals surface area contributed by atoms with Crippen molar-refractivity contribution in [2.45, 2.75) is 18.9 Å². The number of carbonyl (C=O) groups excluding carboxylic acids is 1. The molecule has 0 bridgehead atoms. The number of pyridine rings is 1. The highest BCUT2D eigenvalue weighted by Gasteiger charge is 2.25. The quantitative estimate of drug-likeness (QED) is 0.728. The van der Waals surface area contributed by atoms with Gasteiger partial charge in [0.25, 0.3) is 0 Å². The monoisotopic (exact) mass is 327 g/mol. The summed E-state index contributed by atoms with van der Waals surface area (Å²) < 4.78 is 0. The lowest BCUT2D eigenvalue weighted by Gasteiger charge is -2.26. The number of hydrogen-bond acceptors (Lipinski definition) is 7. The third-order valence-electron chi connectivity index (χ3n) is 4.14. The maximum Gasteiger partial charge on any atom is 0.248 e. The molecule has 3 heterocycles. The van der Waals surface area contributed by atoms with E-state index in [-0.39, 0.29) is 0 Å². The van der Waals surface area contributed by atoms with E-state index in [1.807, 2.05) is 13.1 Å². The Bertz CT molecular complexity index is 721. The first kappa shape index (κ1) is 16.0. The van der Waals surface area contributed by atoms with Gasteiger partial charge in [0.2, 0.25) is 5.91 Å². The molecule has 1 saturated heterocycles. The molecule has 0 spiro atoms. The molecule has 1 amide bonds. The van der Waals surface area contributed by atoms with Crippen LogP contribution in [0.3, 0.4) is 0 Å². The van der Waals surface area contributed by atoms with Crippen molar-refractivity contribution in [1.82, 2.24) is 15.0 Å². The molecule has 1 unspecified atom stereocenters. The minimum atomic E-state index is -0.455. The zero-order chi connectivity index (χ0) is 16.9. The van der Waals surface area contributed by atoms with Crippen LogP contribution in [-0.2, 0) is 0 Å². The van der Waals surface area contributed by atoms with Gasteiger partial charge in [-0.05, 0) is 25.0 Å². The molecule has 8 heteroatoms. The number of primary amides is 1. The van der Waals surface area contributed by atoms with Crippen LogP contribution < -0.4 is 21.3 Å². The molecule has 126 valence electrons. The molecule has 1 fully saturated rings. The van der Waals surface area contributed by atoms with E-state index < -0.39 is 5.91 Å². The summed E-state index contributed by atoms with van der Waals surface area (Å²) in [7, 11) is 1.84. The van der Waals surface area contributed by atoms with Gasteiger partial charge >= 0.3 is 0 Å².